The van der Waals surface area contributed by atoms with Crippen molar-refractivity contribution in [2.24, 2.45) is 0 Å². The molecule has 3 rings (SSSR count). The number of thioether (sulfide) groups is 1. The molecule has 2 heterocycles. The first kappa shape index (κ1) is 14.8. The third kappa shape index (κ3) is 4.40. The fourth-order valence-electron chi connectivity index (χ4n) is 2.15. The molecule has 5 heteroatoms. The van der Waals surface area contributed by atoms with Gasteiger partial charge in [0.05, 0.1) is 0 Å². The third-order valence-electron chi connectivity index (χ3n) is 3.19. The number of hydrogen-bond acceptors (Lipinski definition) is 5. The fourth-order valence-corrected chi connectivity index (χ4v) is 3.69. The highest BCUT2D eigenvalue weighted by molar-refractivity contribution is 7.99. The largest absolute Gasteiger partial charge is 0.486 e. The van der Waals surface area contributed by atoms with Gasteiger partial charge in [-0.05, 0) is 42.6 Å². The molecule has 2 aromatic rings. The topological polar surface area (TPSA) is 30.5 Å². The number of benzene rings is 1. The molecule has 0 aliphatic carbocycles. The quantitative estimate of drug-likeness (QED) is 0.625. The Bertz CT molecular complexity index is 557. The SMILES string of the molecule is c1csc(CCNCCSc2ccc3c(c2)OCCO3)c1. The van der Waals surface area contributed by atoms with E-state index in [0.717, 1.165) is 36.8 Å². The molecule has 0 spiro atoms. The molecule has 0 atom stereocenters. The average Bonchev–Trinajstić information content (AvgIpc) is 3.04. The number of nitrogens with one attached hydrogen (secondary N) is 1. The van der Waals surface area contributed by atoms with Crippen molar-refractivity contribution in [3.05, 3.63) is 40.6 Å². The molecule has 0 unspecified atom stereocenters. The molecule has 1 aliphatic heterocycles. The van der Waals surface area contributed by atoms with Crippen molar-refractivity contribution in [2.45, 2.75) is 11.3 Å². The van der Waals surface area contributed by atoms with E-state index in [1.54, 1.807) is 0 Å². The van der Waals surface area contributed by atoms with Gasteiger partial charge in [0.2, 0.25) is 0 Å². The molecule has 1 aromatic carbocycles. The predicted octanol–water partition coefficient (Wildman–Crippen LogP) is 3.44. The summed E-state index contributed by atoms with van der Waals surface area (Å²) in [6.45, 7) is 3.35. The van der Waals surface area contributed by atoms with Crippen LogP contribution in [0.4, 0.5) is 0 Å². The van der Waals surface area contributed by atoms with Crippen molar-refractivity contribution >= 4 is 23.1 Å². The maximum Gasteiger partial charge on any atom is 0.162 e. The van der Waals surface area contributed by atoms with Crippen LogP contribution in [0.25, 0.3) is 0 Å². The minimum atomic E-state index is 0.644. The molecule has 112 valence electrons. The van der Waals surface area contributed by atoms with Crippen LogP contribution in [-0.2, 0) is 6.42 Å². The van der Waals surface area contributed by atoms with Crippen LogP contribution in [0.2, 0.25) is 0 Å². The lowest BCUT2D eigenvalue weighted by molar-refractivity contribution is 0.171. The van der Waals surface area contributed by atoms with Crippen molar-refractivity contribution < 1.29 is 9.47 Å². The molecule has 1 N–H and O–H groups in total. The van der Waals surface area contributed by atoms with E-state index < -0.39 is 0 Å². The Balaban J connectivity index is 1.35. The van der Waals surface area contributed by atoms with Gasteiger partial charge in [0.1, 0.15) is 13.2 Å². The Morgan fingerprint density at radius 1 is 1.10 bits per heavy atom. The van der Waals surface area contributed by atoms with Crippen LogP contribution < -0.4 is 14.8 Å². The number of thiophene rings is 1. The Labute approximate surface area is 133 Å². The van der Waals surface area contributed by atoms with Crippen LogP contribution in [-0.4, -0.2) is 32.1 Å². The smallest absolute Gasteiger partial charge is 0.162 e. The summed E-state index contributed by atoms with van der Waals surface area (Å²) in [6, 6.07) is 10.5. The second kappa shape index (κ2) is 7.73. The van der Waals surface area contributed by atoms with Crippen molar-refractivity contribution in [2.75, 3.05) is 32.1 Å². The van der Waals surface area contributed by atoms with Crippen molar-refractivity contribution in [1.29, 1.82) is 0 Å². The minimum absolute atomic E-state index is 0.644. The summed E-state index contributed by atoms with van der Waals surface area (Å²) in [4.78, 5) is 2.68. The molecule has 0 saturated carbocycles. The summed E-state index contributed by atoms with van der Waals surface area (Å²) >= 11 is 3.67. The number of ether oxygens (including phenoxy) is 2. The maximum atomic E-state index is 5.60. The lowest BCUT2D eigenvalue weighted by Gasteiger charge is -2.18. The minimum Gasteiger partial charge on any atom is -0.486 e. The molecular weight excluding hydrogens is 302 g/mol. The Morgan fingerprint density at radius 3 is 2.86 bits per heavy atom. The Hall–Kier alpha value is -1.17. The zero-order valence-electron chi connectivity index (χ0n) is 11.8. The first-order valence-electron chi connectivity index (χ1n) is 7.17. The summed E-state index contributed by atoms with van der Waals surface area (Å²) in [7, 11) is 0. The molecule has 1 aromatic heterocycles. The highest BCUT2D eigenvalue weighted by Gasteiger charge is 2.11. The zero-order valence-corrected chi connectivity index (χ0v) is 13.5. The zero-order chi connectivity index (χ0) is 14.3. The monoisotopic (exact) mass is 321 g/mol. The van der Waals surface area contributed by atoms with Gasteiger partial charge in [0.15, 0.2) is 11.5 Å². The summed E-state index contributed by atoms with van der Waals surface area (Å²) in [6.07, 6.45) is 1.12. The van der Waals surface area contributed by atoms with Gasteiger partial charge in [-0.2, -0.15) is 0 Å². The first-order valence-corrected chi connectivity index (χ1v) is 9.04. The summed E-state index contributed by atoms with van der Waals surface area (Å²) < 4.78 is 11.1. The van der Waals surface area contributed by atoms with Crippen LogP contribution in [0.3, 0.4) is 0 Å². The first-order chi connectivity index (χ1) is 10.4. The Kier molecular flexibility index (Phi) is 5.43. The van der Waals surface area contributed by atoms with Crippen LogP contribution in [0, 0.1) is 0 Å². The lowest BCUT2D eigenvalue weighted by atomic mass is 10.3. The van der Waals surface area contributed by atoms with Crippen molar-refractivity contribution in [3.8, 4) is 11.5 Å². The van der Waals surface area contributed by atoms with E-state index in [2.05, 4.69) is 35.0 Å². The van der Waals surface area contributed by atoms with Gasteiger partial charge in [0, 0.05) is 22.1 Å². The van der Waals surface area contributed by atoms with E-state index in [4.69, 9.17) is 9.47 Å². The van der Waals surface area contributed by atoms with E-state index in [1.165, 1.54) is 9.77 Å². The van der Waals surface area contributed by atoms with Crippen LogP contribution in [0.1, 0.15) is 4.88 Å². The highest BCUT2D eigenvalue weighted by atomic mass is 32.2. The van der Waals surface area contributed by atoms with Crippen LogP contribution >= 0.6 is 23.1 Å². The number of hydrogen-bond donors (Lipinski definition) is 1. The van der Waals surface area contributed by atoms with Crippen molar-refractivity contribution in [3.63, 3.8) is 0 Å². The normalized spacial score (nSPS) is 13.3. The third-order valence-corrected chi connectivity index (χ3v) is 5.12. The molecule has 0 fully saturated rings. The fraction of sp³-hybridized carbons (Fsp3) is 0.375. The van der Waals surface area contributed by atoms with E-state index >= 15 is 0 Å². The number of rotatable bonds is 7. The summed E-state index contributed by atoms with van der Waals surface area (Å²) in [5.74, 6) is 2.79. The van der Waals surface area contributed by atoms with Crippen LogP contribution in [0.15, 0.2) is 40.6 Å². The molecule has 0 radical (unpaired) electrons. The van der Waals surface area contributed by atoms with Gasteiger partial charge in [-0.1, -0.05) is 6.07 Å². The highest BCUT2D eigenvalue weighted by Crippen LogP contribution is 2.33. The van der Waals surface area contributed by atoms with Gasteiger partial charge in [-0.3, -0.25) is 0 Å². The second-order valence-corrected chi connectivity index (χ2v) is 6.93. The van der Waals surface area contributed by atoms with Gasteiger partial charge >= 0.3 is 0 Å². The molecule has 21 heavy (non-hydrogen) atoms. The van der Waals surface area contributed by atoms with Gasteiger partial charge < -0.3 is 14.8 Å². The maximum absolute atomic E-state index is 5.60. The molecule has 3 nitrogen and oxygen atoms in total. The van der Waals surface area contributed by atoms with E-state index in [9.17, 15) is 0 Å². The molecule has 1 aliphatic rings. The van der Waals surface area contributed by atoms with Crippen molar-refractivity contribution in [1.82, 2.24) is 5.32 Å². The second-order valence-electron chi connectivity index (χ2n) is 4.73. The van der Waals surface area contributed by atoms with E-state index in [0.29, 0.717) is 13.2 Å². The van der Waals surface area contributed by atoms with Gasteiger partial charge in [-0.25, -0.2) is 0 Å². The van der Waals surface area contributed by atoms with E-state index in [1.807, 2.05) is 29.2 Å². The van der Waals surface area contributed by atoms with E-state index in [-0.39, 0.29) is 0 Å². The standard InChI is InChI=1S/C16H19NO2S2/c1-2-13(20-10-1)5-6-17-7-11-21-14-3-4-15-16(12-14)19-9-8-18-15/h1-4,10,12,17H,5-9,11H2. The summed E-state index contributed by atoms with van der Waals surface area (Å²) in [5, 5.41) is 5.62. The summed E-state index contributed by atoms with van der Waals surface area (Å²) in [5.41, 5.74) is 0. The lowest BCUT2D eigenvalue weighted by Crippen LogP contribution is -2.19. The Morgan fingerprint density at radius 2 is 2.00 bits per heavy atom. The van der Waals surface area contributed by atoms with Crippen LogP contribution in [0.5, 0.6) is 11.5 Å². The predicted molar refractivity (Wildman–Crippen MR) is 89.0 cm³/mol. The molecule has 0 saturated heterocycles. The number of fused-ring (bicyclic) bond motifs is 1. The average molecular weight is 321 g/mol. The molecule has 0 amide bonds. The molecule has 0 bridgehead atoms. The van der Waals surface area contributed by atoms with Gasteiger partial charge in [-0.15, -0.1) is 23.1 Å². The molecular formula is C16H19NO2S2. The van der Waals surface area contributed by atoms with Gasteiger partial charge in [0.25, 0.3) is 0 Å².